The zero-order valence-corrected chi connectivity index (χ0v) is 15.9. The summed E-state index contributed by atoms with van der Waals surface area (Å²) in [6, 6.07) is 25.1. The molecule has 1 saturated heterocycles. The Morgan fingerprint density at radius 3 is 2.14 bits per heavy atom. The number of epoxide rings is 1. The summed E-state index contributed by atoms with van der Waals surface area (Å²) in [6.45, 7) is 3.35. The number of rotatable bonds is 7. The van der Waals surface area contributed by atoms with Crippen molar-refractivity contribution >= 4 is 17.3 Å². The van der Waals surface area contributed by atoms with Gasteiger partial charge in [-0.3, -0.25) is 9.69 Å². The van der Waals surface area contributed by atoms with Crippen LogP contribution in [0.1, 0.15) is 22.8 Å². The molecule has 0 aromatic heterocycles. The van der Waals surface area contributed by atoms with Gasteiger partial charge in [-0.1, -0.05) is 49.4 Å². The summed E-state index contributed by atoms with van der Waals surface area (Å²) in [5, 5.41) is 0. The first-order valence-electron chi connectivity index (χ1n) is 9.58. The zero-order chi connectivity index (χ0) is 19.3. The Bertz CT molecular complexity index is 897. The molecule has 3 aromatic carbocycles. The first-order valence-corrected chi connectivity index (χ1v) is 9.58. The van der Waals surface area contributed by atoms with Crippen LogP contribution in [0.25, 0.3) is 0 Å². The van der Waals surface area contributed by atoms with Crippen LogP contribution in [-0.2, 0) is 11.2 Å². The van der Waals surface area contributed by atoms with Crippen molar-refractivity contribution in [2.75, 3.05) is 18.1 Å². The second kappa shape index (κ2) is 8.28. The van der Waals surface area contributed by atoms with Crippen molar-refractivity contribution in [3.63, 3.8) is 0 Å². The molecule has 4 nitrogen and oxygen atoms in total. The van der Waals surface area contributed by atoms with E-state index in [1.165, 1.54) is 0 Å². The number of ether oxygens (including phenoxy) is 2. The van der Waals surface area contributed by atoms with Crippen LogP contribution in [0.3, 0.4) is 0 Å². The molecule has 0 aliphatic carbocycles. The van der Waals surface area contributed by atoms with Crippen molar-refractivity contribution in [3.8, 4) is 5.75 Å². The minimum atomic E-state index is -0.0902. The molecule has 3 aromatic rings. The molecule has 0 radical (unpaired) electrons. The van der Waals surface area contributed by atoms with Crippen LogP contribution in [0, 0.1) is 0 Å². The highest BCUT2D eigenvalue weighted by Crippen LogP contribution is 2.29. The molecule has 4 heteroatoms. The van der Waals surface area contributed by atoms with E-state index >= 15 is 0 Å². The third-order valence-electron chi connectivity index (χ3n) is 4.75. The maximum atomic E-state index is 13.5. The molecule has 1 fully saturated rings. The van der Waals surface area contributed by atoms with E-state index in [1.807, 2.05) is 78.9 Å². The van der Waals surface area contributed by atoms with Gasteiger partial charge in [0.15, 0.2) is 0 Å². The van der Waals surface area contributed by atoms with Crippen LogP contribution in [0.2, 0.25) is 0 Å². The summed E-state index contributed by atoms with van der Waals surface area (Å²) in [6.07, 6.45) is 1.02. The molecule has 0 saturated carbocycles. The zero-order valence-electron chi connectivity index (χ0n) is 15.9. The number of aryl methyl sites for hydroxylation is 1. The lowest BCUT2D eigenvalue weighted by Gasteiger charge is -2.23. The maximum absolute atomic E-state index is 13.5. The van der Waals surface area contributed by atoms with Gasteiger partial charge < -0.3 is 9.47 Å². The Kier molecular flexibility index (Phi) is 5.40. The van der Waals surface area contributed by atoms with Crippen molar-refractivity contribution in [3.05, 3.63) is 90.0 Å². The van der Waals surface area contributed by atoms with Gasteiger partial charge in [0, 0.05) is 16.9 Å². The number of carbonyl (C=O) groups is 1. The predicted molar refractivity (Wildman–Crippen MR) is 110 cm³/mol. The Hall–Kier alpha value is -3.11. The SMILES string of the molecule is CCc1ccc(C(=O)N(c2ccccc2)c2ccccc2)cc1OCC1CO1. The van der Waals surface area contributed by atoms with E-state index in [0.29, 0.717) is 12.2 Å². The van der Waals surface area contributed by atoms with Crippen molar-refractivity contribution < 1.29 is 14.3 Å². The minimum absolute atomic E-state index is 0.0902. The Morgan fingerprint density at radius 2 is 1.61 bits per heavy atom. The fourth-order valence-electron chi connectivity index (χ4n) is 3.13. The third kappa shape index (κ3) is 4.07. The largest absolute Gasteiger partial charge is 0.490 e. The number of carbonyl (C=O) groups excluding carboxylic acids is 1. The highest BCUT2D eigenvalue weighted by molar-refractivity contribution is 6.11. The smallest absolute Gasteiger partial charge is 0.262 e. The molecule has 1 atom stereocenters. The second-order valence-corrected chi connectivity index (χ2v) is 6.75. The lowest BCUT2D eigenvalue weighted by Crippen LogP contribution is -2.26. The Balaban J connectivity index is 1.69. The molecule has 28 heavy (non-hydrogen) atoms. The molecular formula is C24H23NO3. The molecule has 142 valence electrons. The van der Waals surface area contributed by atoms with E-state index in [4.69, 9.17) is 9.47 Å². The number of hydrogen-bond acceptors (Lipinski definition) is 3. The third-order valence-corrected chi connectivity index (χ3v) is 4.75. The van der Waals surface area contributed by atoms with Crippen LogP contribution in [0.5, 0.6) is 5.75 Å². The molecule has 0 bridgehead atoms. The van der Waals surface area contributed by atoms with Crippen LogP contribution < -0.4 is 9.64 Å². The van der Waals surface area contributed by atoms with Gasteiger partial charge >= 0.3 is 0 Å². The van der Waals surface area contributed by atoms with Crippen LogP contribution in [-0.4, -0.2) is 25.2 Å². The molecular weight excluding hydrogens is 350 g/mol. The summed E-state index contributed by atoms with van der Waals surface area (Å²) in [5.41, 5.74) is 3.33. The van der Waals surface area contributed by atoms with Gasteiger partial charge in [-0.05, 0) is 48.4 Å². The van der Waals surface area contributed by atoms with E-state index in [0.717, 1.165) is 35.7 Å². The fourth-order valence-corrected chi connectivity index (χ4v) is 3.13. The van der Waals surface area contributed by atoms with Gasteiger partial charge in [0.1, 0.15) is 18.5 Å². The molecule has 4 rings (SSSR count). The average Bonchev–Trinajstić information content (AvgIpc) is 3.58. The summed E-state index contributed by atoms with van der Waals surface area (Å²) in [5.74, 6) is 0.664. The first kappa shape index (κ1) is 18.3. The normalized spacial score (nSPS) is 15.1. The molecule has 0 N–H and O–H groups in total. The number of hydrogen-bond donors (Lipinski definition) is 0. The summed E-state index contributed by atoms with van der Waals surface area (Å²) in [4.78, 5) is 15.2. The van der Waals surface area contributed by atoms with Gasteiger partial charge in [0.2, 0.25) is 0 Å². The van der Waals surface area contributed by atoms with E-state index < -0.39 is 0 Å². The Morgan fingerprint density at radius 1 is 1.00 bits per heavy atom. The molecule has 1 aliphatic heterocycles. The topological polar surface area (TPSA) is 42.1 Å². The van der Waals surface area contributed by atoms with Crippen molar-refractivity contribution in [1.29, 1.82) is 0 Å². The average molecular weight is 373 g/mol. The highest BCUT2D eigenvalue weighted by atomic mass is 16.6. The monoisotopic (exact) mass is 373 g/mol. The minimum Gasteiger partial charge on any atom is -0.490 e. The first-order chi connectivity index (χ1) is 13.8. The standard InChI is InChI=1S/C24H23NO3/c1-2-18-13-14-19(15-23(18)28-17-22-16-27-22)24(26)25(20-9-5-3-6-10-20)21-11-7-4-8-12-21/h3-15,22H,2,16-17H2,1H3. The van der Waals surface area contributed by atoms with E-state index in [2.05, 4.69) is 6.92 Å². The van der Waals surface area contributed by atoms with Crippen molar-refractivity contribution in [2.24, 2.45) is 0 Å². The number of amides is 1. The quantitative estimate of drug-likeness (QED) is 0.547. The lowest BCUT2D eigenvalue weighted by molar-refractivity contribution is 0.0999. The van der Waals surface area contributed by atoms with Gasteiger partial charge in [0.05, 0.1) is 6.61 Å². The van der Waals surface area contributed by atoms with Gasteiger partial charge in [0.25, 0.3) is 5.91 Å². The molecule has 0 spiro atoms. The highest BCUT2D eigenvalue weighted by Gasteiger charge is 2.24. The molecule has 1 amide bonds. The van der Waals surface area contributed by atoms with E-state index in [1.54, 1.807) is 4.90 Å². The molecule has 1 unspecified atom stereocenters. The second-order valence-electron chi connectivity index (χ2n) is 6.75. The van der Waals surface area contributed by atoms with Gasteiger partial charge in [-0.2, -0.15) is 0 Å². The molecule has 1 aliphatic rings. The van der Waals surface area contributed by atoms with Crippen LogP contribution >= 0.6 is 0 Å². The number of anilines is 2. The summed E-state index contributed by atoms with van der Waals surface area (Å²) in [7, 11) is 0. The maximum Gasteiger partial charge on any atom is 0.262 e. The Labute approximate surface area is 165 Å². The van der Waals surface area contributed by atoms with Crippen molar-refractivity contribution in [2.45, 2.75) is 19.4 Å². The fraction of sp³-hybridized carbons (Fsp3) is 0.208. The van der Waals surface area contributed by atoms with Crippen LogP contribution in [0.15, 0.2) is 78.9 Å². The van der Waals surface area contributed by atoms with Crippen molar-refractivity contribution in [1.82, 2.24) is 0 Å². The lowest BCUT2D eigenvalue weighted by atomic mass is 10.1. The predicted octanol–water partition coefficient (Wildman–Crippen LogP) is 5.01. The molecule has 1 heterocycles. The van der Waals surface area contributed by atoms with E-state index in [9.17, 15) is 4.79 Å². The summed E-state index contributed by atoms with van der Waals surface area (Å²) < 4.78 is 11.2. The number of para-hydroxylation sites is 2. The van der Waals surface area contributed by atoms with Gasteiger partial charge in [-0.15, -0.1) is 0 Å². The van der Waals surface area contributed by atoms with Gasteiger partial charge in [-0.25, -0.2) is 0 Å². The van der Waals surface area contributed by atoms with Crippen LogP contribution in [0.4, 0.5) is 11.4 Å². The number of benzene rings is 3. The summed E-state index contributed by atoms with van der Waals surface area (Å²) >= 11 is 0. The van der Waals surface area contributed by atoms with E-state index in [-0.39, 0.29) is 12.0 Å². The number of nitrogens with zero attached hydrogens (tertiary/aromatic N) is 1.